The first-order chi connectivity index (χ1) is 8.54. The third-order valence-electron chi connectivity index (χ3n) is 2.11. The van der Waals surface area contributed by atoms with E-state index in [9.17, 15) is 9.59 Å². The van der Waals surface area contributed by atoms with E-state index < -0.39 is 0 Å². The predicted octanol–water partition coefficient (Wildman–Crippen LogP) is 1.38. The summed E-state index contributed by atoms with van der Waals surface area (Å²) < 4.78 is 0. The molecule has 0 unspecified atom stereocenters. The van der Waals surface area contributed by atoms with Gasteiger partial charge < -0.3 is 5.32 Å². The molecule has 2 N–H and O–H groups in total. The smallest absolute Gasteiger partial charge is 0.264 e. The number of carbonyl (C=O) groups is 1. The van der Waals surface area contributed by atoms with E-state index in [1.54, 1.807) is 13.0 Å². The van der Waals surface area contributed by atoms with Gasteiger partial charge in [-0.1, -0.05) is 11.6 Å². The standard InChI is InChI=1S/C11H9ClN4O2/c1-6-4-7(5-8(12)13-6)11(18)14-9-2-3-10(17)16-15-9/h2-5H,1H3,(H,16,17)(H,14,15,18). The molecule has 0 aliphatic rings. The monoisotopic (exact) mass is 264 g/mol. The van der Waals surface area contributed by atoms with Crippen molar-refractivity contribution >= 4 is 23.3 Å². The van der Waals surface area contributed by atoms with Crippen LogP contribution in [0.3, 0.4) is 0 Å². The Kier molecular flexibility index (Phi) is 3.38. The number of hydrogen-bond acceptors (Lipinski definition) is 4. The van der Waals surface area contributed by atoms with Crippen molar-refractivity contribution in [2.75, 3.05) is 5.32 Å². The molecule has 0 saturated heterocycles. The van der Waals surface area contributed by atoms with E-state index in [2.05, 4.69) is 20.5 Å². The topological polar surface area (TPSA) is 87.7 Å². The van der Waals surface area contributed by atoms with Gasteiger partial charge in [0.2, 0.25) is 0 Å². The SMILES string of the molecule is Cc1cc(C(=O)Nc2ccc(=O)[nH]n2)cc(Cl)n1. The van der Waals surface area contributed by atoms with Crippen molar-refractivity contribution in [1.82, 2.24) is 15.2 Å². The largest absolute Gasteiger partial charge is 0.305 e. The molecule has 0 bridgehead atoms. The van der Waals surface area contributed by atoms with Gasteiger partial charge in [-0.05, 0) is 25.1 Å². The van der Waals surface area contributed by atoms with Crippen LogP contribution in [-0.2, 0) is 0 Å². The van der Waals surface area contributed by atoms with Crippen LogP contribution in [0.1, 0.15) is 16.1 Å². The Bertz CT molecular complexity index is 613. The third kappa shape index (κ3) is 2.92. The molecule has 18 heavy (non-hydrogen) atoms. The Morgan fingerprint density at radius 2 is 2.17 bits per heavy atom. The second kappa shape index (κ2) is 4.97. The summed E-state index contributed by atoms with van der Waals surface area (Å²) in [7, 11) is 0. The highest BCUT2D eigenvalue weighted by atomic mass is 35.5. The lowest BCUT2D eigenvalue weighted by Crippen LogP contribution is -2.16. The second-order valence-corrected chi connectivity index (χ2v) is 3.97. The summed E-state index contributed by atoms with van der Waals surface area (Å²) in [5, 5.41) is 8.67. The fraction of sp³-hybridized carbons (Fsp3) is 0.0909. The molecule has 2 heterocycles. The van der Waals surface area contributed by atoms with Gasteiger partial charge in [-0.25, -0.2) is 10.1 Å². The lowest BCUT2D eigenvalue weighted by Gasteiger charge is -2.04. The number of anilines is 1. The number of nitrogens with zero attached hydrogens (tertiary/aromatic N) is 2. The highest BCUT2D eigenvalue weighted by molar-refractivity contribution is 6.29. The minimum atomic E-state index is -0.373. The van der Waals surface area contributed by atoms with Crippen LogP contribution < -0.4 is 10.9 Å². The molecule has 0 fully saturated rings. The number of aromatic amines is 1. The lowest BCUT2D eigenvalue weighted by molar-refractivity contribution is 0.102. The van der Waals surface area contributed by atoms with Gasteiger partial charge >= 0.3 is 0 Å². The van der Waals surface area contributed by atoms with Crippen molar-refractivity contribution in [3.8, 4) is 0 Å². The number of H-pyrrole nitrogens is 1. The molecule has 6 nitrogen and oxygen atoms in total. The Balaban J connectivity index is 2.21. The van der Waals surface area contributed by atoms with Crippen molar-refractivity contribution < 1.29 is 4.79 Å². The number of aromatic nitrogens is 3. The molecule has 0 aliphatic heterocycles. The zero-order valence-corrected chi connectivity index (χ0v) is 10.2. The number of pyridine rings is 1. The number of hydrogen-bond donors (Lipinski definition) is 2. The highest BCUT2D eigenvalue weighted by Crippen LogP contribution is 2.11. The summed E-state index contributed by atoms with van der Waals surface area (Å²) in [5.74, 6) is -0.118. The normalized spacial score (nSPS) is 10.1. The van der Waals surface area contributed by atoms with E-state index in [0.29, 0.717) is 11.3 Å². The summed E-state index contributed by atoms with van der Waals surface area (Å²) in [6, 6.07) is 5.74. The number of halogens is 1. The second-order valence-electron chi connectivity index (χ2n) is 3.58. The average Bonchev–Trinajstić information content (AvgIpc) is 2.31. The number of rotatable bonds is 2. The highest BCUT2D eigenvalue weighted by Gasteiger charge is 2.09. The van der Waals surface area contributed by atoms with E-state index in [-0.39, 0.29) is 22.4 Å². The van der Waals surface area contributed by atoms with E-state index in [1.807, 2.05) is 0 Å². The van der Waals surface area contributed by atoms with Crippen molar-refractivity contribution in [2.24, 2.45) is 0 Å². The van der Waals surface area contributed by atoms with E-state index in [1.165, 1.54) is 18.2 Å². The molecule has 2 aromatic rings. The molecule has 0 atom stereocenters. The lowest BCUT2D eigenvalue weighted by atomic mass is 10.2. The van der Waals surface area contributed by atoms with Gasteiger partial charge in [0, 0.05) is 17.3 Å². The quantitative estimate of drug-likeness (QED) is 0.802. The van der Waals surface area contributed by atoms with E-state index in [0.717, 1.165) is 0 Å². The summed E-state index contributed by atoms with van der Waals surface area (Å²) in [6.07, 6.45) is 0. The molecular weight excluding hydrogens is 256 g/mol. The molecule has 0 aliphatic carbocycles. The van der Waals surface area contributed by atoms with Gasteiger partial charge in [0.25, 0.3) is 11.5 Å². The van der Waals surface area contributed by atoms with Crippen LogP contribution in [0.15, 0.2) is 29.1 Å². The van der Waals surface area contributed by atoms with Crippen LogP contribution in [0.25, 0.3) is 0 Å². The maximum absolute atomic E-state index is 11.9. The minimum absolute atomic E-state index is 0.245. The summed E-state index contributed by atoms with van der Waals surface area (Å²) in [6.45, 7) is 1.74. The number of carbonyl (C=O) groups excluding carboxylic acids is 1. The van der Waals surface area contributed by atoms with E-state index >= 15 is 0 Å². The van der Waals surface area contributed by atoms with Gasteiger partial charge in [-0.15, -0.1) is 0 Å². The van der Waals surface area contributed by atoms with Crippen LogP contribution >= 0.6 is 11.6 Å². The van der Waals surface area contributed by atoms with Crippen molar-refractivity contribution in [1.29, 1.82) is 0 Å². The molecule has 92 valence electrons. The molecule has 2 rings (SSSR count). The first-order valence-corrected chi connectivity index (χ1v) is 5.44. The Morgan fingerprint density at radius 3 is 2.78 bits per heavy atom. The van der Waals surface area contributed by atoms with Gasteiger partial charge in [-0.3, -0.25) is 9.59 Å². The van der Waals surface area contributed by atoms with Gasteiger partial charge in [0.05, 0.1) is 0 Å². The summed E-state index contributed by atoms with van der Waals surface area (Å²) in [4.78, 5) is 26.6. The van der Waals surface area contributed by atoms with Crippen LogP contribution in [0.5, 0.6) is 0 Å². The van der Waals surface area contributed by atoms with Gasteiger partial charge in [-0.2, -0.15) is 5.10 Å². The summed E-state index contributed by atoms with van der Waals surface area (Å²) >= 11 is 5.76. The fourth-order valence-electron chi connectivity index (χ4n) is 1.36. The Morgan fingerprint density at radius 1 is 1.39 bits per heavy atom. The Labute approximate surface area is 107 Å². The zero-order chi connectivity index (χ0) is 13.1. The number of nitrogens with one attached hydrogen (secondary N) is 2. The van der Waals surface area contributed by atoms with Crippen LogP contribution in [0.2, 0.25) is 5.15 Å². The maximum Gasteiger partial charge on any atom is 0.264 e. The minimum Gasteiger partial charge on any atom is -0.305 e. The molecule has 2 aromatic heterocycles. The maximum atomic E-state index is 11.9. The molecule has 0 aromatic carbocycles. The fourth-order valence-corrected chi connectivity index (χ4v) is 1.61. The molecule has 1 amide bonds. The molecular formula is C11H9ClN4O2. The van der Waals surface area contributed by atoms with E-state index in [4.69, 9.17) is 11.6 Å². The third-order valence-corrected chi connectivity index (χ3v) is 2.30. The van der Waals surface area contributed by atoms with Gasteiger partial charge in [0.1, 0.15) is 5.15 Å². The Hall–Kier alpha value is -2.21. The van der Waals surface area contributed by atoms with Crippen molar-refractivity contribution in [2.45, 2.75) is 6.92 Å². The number of amides is 1. The van der Waals surface area contributed by atoms with Crippen LogP contribution in [-0.4, -0.2) is 21.1 Å². The van der Waals surface area contributed by atoms with Crippen LogP contribution in [0.4, 0.5) is 5.82 Å². The van der Waals surface area contributed by atoms with Crippen molar-refractivity contribution in [3.05, 3.63) is 51.0 Å². The zero-order valence-electron chi connectivity index (χ0n) is 9.40. The van der Waals surface area contributed by atoms with Gasteiger partial charge in [0.15, 0.2) is 5.82 Å². The van der Waals surface area contributed by atoms with Crippen LogP contribution in [0, 0.1) is 6.92 Å². The number of aryl methyl sites for hydroxylation is 1. The first kappa shape index (κ1) is 12.3. The molecule has 0 radical (unpaired) electrons. The molecule has 0 spiro atoms. The average molecular weight is 265 g/mol. The molecule has 7 heteroatoms. The summed E-state index contributed by atoms with van der Waals surface area (Å²) in [5.41, 5.74) is 0.679. The predicted molar refractivity (Wildman–Crippen MR) is 66.8 cm³/mol. The molecule has 0 saturated carbocycles. The first-order valence-electron chi connectivity index (χ1n) is 5.06. The van der Waals surface area contributed by atoms with Crippen molar-refractivity contribution in [3.63, 3.8) is 0 Å².